The van der Waals surface area contributed by atoms with Gasteiger partial charge in [-0.3, -0.25) is 0 Å². The molecule has 0 bridgehead atoms. The molecule has 1 unspecified atom stereocenters. The maximum Gasteiger partial charge on any atom is 0.0314 e. The zero-order chi connectivity index (χ0) is 18.7. The molecule has 0 fully saturated rings. The molecule has 2 nitrogen and oxygen atoms in total. The van der Waals surface area contributed by atoms with Gasteiger partial charge in [0.05, 0.1) is 0 Å². The molecule has 0 saturated carbocycles. The van der Waals surface area contributed by atoms with E-state index >= 15 is 0 Å². The molecule has 134 valence electrons. The molecule has 0 spiro atoms. The first-order valence-electron chi connectivity index (χ1n) is 9.28. The van der Waals surface area contributed by atoms with Crippen molar-refractivity contribution in [2.75, 3.05) is 11.5 Å². The Kier molecular flexibility index (Phi) is 5.32. The SMILES string of the molecule is CC(C)c1ccc(C(C)Cc2ccc(N)cc2)c(-c2ccc(N)cc2)c1. The van der Waals surface area contributed by atoms with Crippen molar-refractivity contribution >= 4 is 11.4 Å². The van der Waals surface area contributed by atoms with E-state index in [0.717, 1.165) is 17.8 Å². The van der Waals surface area contributed by atoms with Crippen LogP contribution in [0.15, 0.2) is 66.7 Å². The topological polar surface area (TPSA) is 52.0 Å². The molecular weight excluding hydrogens is 316 g/mol. The summed E-state index contributed by atoms with van der Waals surface area (Å²) in [5.41, 5.74) is 19.9. The van der Waals surface area contributed by atoms with E-state index in [1.165, 1.54) is 27.8 Å². The Labute approximate surface area is 156 Å². The van der Waals surface area contributed by atoms with Gasteiger partial charge in [-0.15, -0.1) is 0 Å². The minimum absolute atomic E-state index is 0.410. The Morgan fingerprint density at radius 1 is 0.731 bits per heavy atom. The zero-order valence-electron chi connectivity index (χ0n) is 15.9. The third-order valence-electron chi connectivity index (χ3n) is 5.02. The summed E-state index contributed by atoms with van der Waals surface area (Å²) in [6.07, 6.45) is 0.989. The summed E-state index contributed by atoms with van der Waals surface area (Å²) in [4.78, 5) is 0. The highest BCUT2D eigenvalue weighted by Gasteiger charge is 2.15. The Hall–Kier alpha value is -2.74. The lowest BCUT2D eigenvalue weighted by molar-refractivity contribution is 0.758. The smallest absolute Gasteiger partial charge is 0.0314 e. The van der Waals surface area contributed by atoms with Crippen LogP contribution in [0, 0.1) is 0 Å². The van der Waals surface area contributed by atoms with Gasteiger partial charge in [0.1, 0.15) is 0 Å². The van der Waals surface area contributed by atoms with Crippen LogP contribution in [-0.4, -0.2) is 0 Å². The highest BCUT2D eigenvalue weighted by molar-refractivity contribution is 5.70. The van der Waals surface area contributed by atoms with Gasteiger partial charge in [-0.1, -0.05) is 63.2 Å². The van der Waals surface area contributed by atoms with Gasteiger partial charge in [-0.05, 0) is 70.3 Å². The molecule has 4 N–H and O–H groups in total. The summed E-state index contributed by atoms with van der Waals surface area (Å²) in [5.74, 6) is 0.913. The highest BCUT2D eigenvalue weighted by atomic mass is 14.5. The largest absolute Gasteiger partial charge is 0.399 e. The van der Waals surface area contributed by atoms with Crippen LogP contribution in [0.3, 0.4) is 0 Å². The maximum atomic E-state index is 5.88. The fraction of sp³-hybridized carbons (Fsp3) is 0.250. The lowest BCUT2D eigenvalue weighted by Gasteiger charge is -2.19. The summed E-state index contributed by atoms with van der Waals surface area (Å²) in [7, 11) is 0. The van der Waals surface area contributed by atoms with E-state index in [2.05, 4.69) is 63.2 Å². The Morgan fingerprint density at radius 2 is 1.31 bits per heavy atom. The maximum absolute atomic E-state index is 5.88. The molecule has 3 rings (SSSR count). The Bertz CT molecular complexity index is 862. The van der Waals surface area contributed by atoms with Crippen molar-refractivity contribution in [2.24, 2.45) is 0 Å². The van der Waals surface area contributed by atoms with Crippen LogP contribution in [-0.2, 0) is 6.42 Å². The minimum atomic E-state index is 0.410. The summed E-state index contributed by atoms with van der Waals surface area (Å²) in [5, 5.41) is 0. The molecule has 0 aromatic heterocycles. The van der Waals surface area contributed by atoms with Crippen LogP contribution in [0.25, 0.3) is 11.1 Å². The summed E-state index contributed by atoms with van der Waals surface area (Å²) < 4.78 is 0. The Balaban J connectivity index is 1.99. The lowest BCUT2D eigenvalue weighted by atomic mass is 9.85. The Morgan fingerprint density at radius 3 is 1.88 bits per heavy atom. The van der Waals surface area contributed by atoms with Crippen LogP contribution in [0.2, 0.25) is 0 Å². The number of rotatable bonds is 5. The number of hydrogen-bond acceptors (Lipinski definition) is 2. The van der Waals surface area contributed by atoms with Gasteiger partial charge in [-0.25, -0.2) is 0 Å². The molecule has 0 amide bonds. The number of nitrogen functional groups attached to an aromatic ring is 2. The van der Waals surface area contributed by atoms with Crippen LogP contribution in [0.1, 0.15) is 49.3 Å². The second kappa shape index (κ2) is 7.65. The van der Waals surface area contributed by atoms with Gasteiger partial charge in [0.2, 0.25) is 0 Å². The van der Waals surface area contributed by atoms with Crippen molar-refractivity contribution < 1.29 is 0 Å². The normalized spacial score (nSPS) is 12.3. The fourth-order valence-corrected chi connectivity index (χ4v) is 3.39. The molecule has 0 aliphatic carbocycles. The molecule has 0 aliphatic heterocycles. The predicted octanol–water partition coefficient (Wildman–Crippen LogP) is 5.99. The van der Waals surface area contributed by atoms with Crippen molar-refractivity contribution in [3.63, 3.8) is 0 Å². The van der Waals surface area contributed by atoms with Gasteiger partial charge >= 0.3 is 0 Å². The molecule has 0 saturated heterocycles. The van der Waals surface area contributed by atoms with E-state index in [1.54, 1.807) is 0 Å². The zero-order valence-corrected chi connectivity index (χ0v) is 15.9. The van der Waals surface area contributed by atoms with E-state index in [-0.39, 0.29) is 0 Å². The van der Waals surface area contributed by atoms with Gasteiger partial charge in [0.15, 0.2) is 0 Å². The fourth-order valence-electron chi connectivity index (χ4n) is 3.39. The van der Waals surface area contributed by atoms with Crippen LogP contribution >= 0.6 is 0 Å². The quantitative estimate of drug-likeness (QED) is 0.559. The molecule has 0 radical (unpaired) electrons. The van der Waals surface area contributed by atoms with E-state index in [4.69, 9.17) is 11.5 Å². The number of anilines is 2. The highest BCUT2D eigenvalue weighted by Crippen LogP contribution is 2.34. The lowest BCUT2D eigenvalue weighted by Crippen LogP contribution is -2.03. The van der Waals surface area contributed by atoms with Crippen molar-refractivity contribution in [1.82, 2.24) is 0 Å². The van der Waals surface area contributed by atoms with E-state index < -0.39 is 0 Å². The van der Waals surface area contributed by atoms with Crippen molar-refractivity contribution in [3.8, 4) is 11.1 Å². The third-order valence-corrected chi connectivity index (χ3v) is 5.02. The molecule has 0 aliphatic rings. The third kappa shape index (κ3) is 4.08. The standard InChI is InChI=1S/C24H28N2/c1-16(2)20-8-13-23(17(3)14-18-4-9-21(25)10-5-18)24(15-20)19-6-11-22(26)12-7-19/h4-13,15-17H,14,25-26H2,1-3H3. The molecule has 26 heavy (non-hydrogen) atoms. The monoisotopic (exact) mass is 344 g/mol. The van der Waals surface area contributed by atoms with Crippen LogP contribution in [0.4, 0.5) is 11.4 Å². The number of hydrogen-bond donors (Lipinski definition) is 2. The summed E-state index contributed by atoms with van der Waals surface area (Å²) in [6.45, 7) is 6.76. The van der Waals surface area contributed by atoms with Gasteiger partial charge in [0, 0.05) is 11.4 Å². The van der Waals surface area contributed by atoms with Crippen LogP contribution < -0.4 is 11.5 Å². The first-order chi connectivity index (χ1) is 12.4. The van der Waals surface area contributed by atoms with E-state index in [0.29, 0.717) is 11.8 Å². The average molecular weight is 345 g/mol. The second-order valence-electron chi connectivity index (χ2n) is 7.47. The van der Waals surface area contributed by atoms with Gasteiger partial charge in [0.25, 0.3) is 0 Å². The van der Waals surface area contributed by atoms with Crippen LogP contribution in [0.5, 0.6) is 0 Å². The molecular formula is C24H28N2. The van der Waals surface area contributed by atoms with E-state index in [9.17, 15) is 0 Å². The average Bonchev–Trinajstić information content (AvgIpc) is 2.63. The van der Waals surface area contributed by atoms with Crippen molar-refractivity contribution in [3.05, 3.63) is 83.4 Å². The van der Waals surface area contributed by atoms with Crippen molar-refractivity contribution in [2.45, 2.75) is 39.0 Å². The molecule has 3 aromatic rings. The predicted molar refractivity (Wildman–Crippen MR) is 113 cm³/mol. The summed E-state index contributed by atoms with van der Waals surface area (Å²) in [6, 6.07) is 23.3. The molecule has 2 heteroatoms. The molecule has 0 heterocycles. The summed E-state index contributed by atoms with van der Waals surface area (Å²) >= 11 is 0. The van der Waals surface area contributed by atoms with E-state index in [1.807, 2.05) is 24.3 Å². The first-order valence-corrected chi connectivity index (χ1v) is 9.28. The molecule has 1 atom stereocenters. The van der Waals surface area contributed by atoms with Gasteiger partial charge in [-0.2, -0.15) is 0 Å². The first kappa shape index (κ1) is 18.1. The minimum Gasteiger partial charge on any atom is -0.399 e. The second-order valence-corrected chi connectivity index (χ2v) is 7.47. The number of benzene rings is 3. The number of nitrogens with two attached hydrogens (primary N) is 2. The van der Waals surface area contributed by atoms with Gasteiger partial charge < -0.3 is 11.5 Å². The molecule has 3 aromatic carbocycles. The van der Waals surface area contributed by atoms with Crippen molar-refractivity contribution in [1.29, 1.82) is 0 Å².